The van der Waals surface area contributed by atoms with Crippen LogP contribution in [0.1, 0.15) is 19.8 Å². The van der Waals surface area contributed by atoms with Crippen molar-refractivity contribution in [2.24, 2.45) is 17.8 Å². The van der Waals surface area contributed by atoms with E-state index in [4.69, 9.17) is 9.47 Å². The Morgan fingerprint density at radius 3 is 2.82 bits per heavy atom. The van der Waals surface area contributed by atoms with Gasteiger partial charge in [-0.25, -0.2) is 0 Å². The Morgan fingerprint density at radius 1 is 1.53 bits per heavy atom. The molecule has 1 spiro atoms. The van der Waals surface area contributed by atoms with E-state index in [0.29, 0.717) is 23.7 Å². The molecule has 4 heteroatoms. The summed E-state index contributed by atoms with van der Waals surface area (Å²) < 4.78 is 11.1. The zero-order valence-corrected chi connectivity index (χ0v) is 10.6. The molecule has 0 aromatic rings. The average molecular weight is 239 g/mol. The summed E-state index contributed by atoms with van der Waals surface area (Å²) in [7, 11) is 1.74. The molecule has 1 amide bonds. The van der Waals surface area contributed by atoms with Crippen molar-refractivity contribution in [1.29, 1.82) is 0 Å². The van der Waals surface area contributed by atoms with Crippen LogP contribution in [-0.4, -0.2) is 49.8 Å². The number of likely N-dealkylation sites (tertiary alicyclic amines) is 1. The number of amides is 1. The molecule has 0 N–H and O–H groups in total. The Labute approximate surface area is 102 Å². The summed E-state index contributed by atoms with van der Waals surface area (Å²) >= 11 is 0. The molecule has 0 aromatic carbocycles. The second-order valence-corrected chi connectivity index (χ2v) is 5.87. The van der Waals surface area contributed by atoms with Crippen LogP contribution in [0.2, 0.25) is 0 Å². The third-order valence-electron chi connectivity index (χ3n) is 4.62. The Bertz CT molecular complexity index is 325. The summed E-state index contributed by atoms with van der Waals surface area (Å²) in [6.07, 6.45) is 2.14. The first-order chi connectivity index (χ1) is 8.16. The molecule has 3 aliphatic rings. The number of hydrogen-bond donors (Lipinski definition) is 0. The normalized spacial score (nSPS) is 38.2. The lowest BCUT2D eigenvalue weighted by Gasteiger charge is -2.50. The highest BCUT2D eigenvalue weighted by Gasteiger charge is 2.56. The molecule has 1 aliphatic carbocycles. The van der Waals surface area contributed by atoms with E-state index in [1.807, 2.05) is 4.90 Å². The summed E-state index contributed by atoms with van der Waals surface area (Å²) in [5.74, 6) is 1.70. The lowest BCUT2D eigenvalue weighted by Crippen LogP contribution is -2.67. The highest BCUT2D eigenvalue weighted by Crippen LogP contribution is 2.45. The number of hydrogen-bond acceptors (Lipinski definition) is 3. The Balaban J connectivity index is 1.57. The monoisotopic (exact) mass is 239 g/mol. The second kappa shape index (κ2) is 3.95. The van der Waals surface area contributed by atoms with Crippen LogP contribution < -0.4 is 0 Å². The molecule has 4 nitrogen and oxygen atoms in total. The molecular weight excluding hydrogens is 218 g/mol. The molecule has 3 atom stereocenters. The van der Waals surface area contributed by atoms with Gasteiger partial charge >= 0.3 is 0 Å². The number of methoxy groups -OCH3 is 1. The predicted molar refractivity (Wildman–Crippen MR) is 62.5 cm³/mol. The van der Waals surface area contributed by atoms with Crippen molar-refractivity contribution in [3.05, 3.63) is 0 Å². The Kier molecular flexibility index (Phi) is 2.67. The van der Waals surface area contributed by atoms with Crippen molar-refractivity contribution >= 4 is 5.91 Å². The zero-order valence-electron chi connectivity index (χ0n) is 10.6. The smallest absolute Gasteiger partial charge is 0.226 e. The van der Waals surface area contributed by atoms with Crippen LogP contribution >= 0.6 is 0 Å². The number of nitrogens with zero attached hydrogens (tertiary/aromatic N) is 1. The van der Waals surface area contributed by atoms with E-state index in [0.717, 1.165) is 39.1 Å². The van der Waals surface area contributed by atoms with Gasteiger partial charge in [0.15, 0.2) is 0 Å². The van der Waals surface area contributed by atoms with Crippen LogP contribution in [0.25, 0.3) is 0 Å². The molecule has 96 valence electrons. The van der Waals surface area contributed by atoms with Gasteiger partial charge in [0, 0.05) is 25.6 Å². The number of carbonyl (C=O) groups is 1. The van der Waals surface area contributed by atoms with Gasteiger partial charge in [-0.1, -0.05) is 6.92 Å². The van der Waals surface area contributed by atoms with E-state index in [2.05, 4.69) is 6.92 Å². The number of ether oxygens (including phenoxy) is 2. The molecule has 2 aliphatic heterocycles. The minimum Gasteiger partial charge on any atom is -0.384 e. The maximum absolute atomic E-state index is 12.0. The van der Waals surface area contributed by atoms with Crippen LogP contribution in [0.4, 0.5) is 0 Å². The van der Waals surface area contributed by atoms with E-state index >= 15 is 0 Å². The summed E-state index contributed by atoms with van der Waals surface area (Å²) in [5, 5.41) is 0. The van der Waals surface area contributed by atoms with Crippen molar-refractivity contribution in [3.8, 4) is 0 Å². The van der Waals surface area contributed by atoms with Gasteiger partial charge in [0.05, 0.1) is 19.7 Å². The van der Waals surface area contributed by atoms with E-state index < -0.39 is 0 Å². The molecular formula is C13H21NO3. The molecule has 3 unspecified atom stereocenters. The topological polar surface area (TPSA) is 38.8 Å². The van der Waals surface area contributed by atoms with E-state index in [1.54, 1.807) is 7.11 Å². The van der Waals surface area contributed by atoms with Crippen molar-refractivity contribution < 1.29 is 14.3 Å². The lowest BCUT2D eigenvalue weighted by molar-refractivity contribution is -0.169. The quantitative estimate of drug-likeness (QED) is 0.734. The number of carbonyl (C=O) groups excluding carboxylic acids is 1. The Hall–Kier alpha value is -0.610. The largest absolute Gasteiger partial charge is 0.384 e. The number of rotatable bonds is 3. The fourth-order valence-corrected chi connectivity index (χ4v) is 3.23. The fourth-order valence-electron chi connectivity index (χ4n) is 3.23. The first kappa shape index (κ1) is 11.5. The highest BCUT2D eigenvalue weighted by atomic mass is 16.5. The van der Waals surface area contributed by atoms with Crippen molar-refractivity contribution in [3.63, 3.8) is 0 Å². The summed E-state index contributed by atoms with van der Waals surface area (Å²) in [6, 6.07) is 0. The van der Waals surface area contributed by atoms with Gasteiger partial charge in [0.1, 0.15) is 5.60 Å². The van der Waals surface area contributed by atoms with E-state index in [-0.39, 0.29) is 5.60 Å². The van der Waals surface area contributed by atoms with E-state index in [1.165, 1.54) is 0 Å². The maximum atomic E-state index is 12.0. The van der Waals surface area contributed by atoms with Crippen LogP contribution in [-0.2, 0) is 14.3 Å². The van der Waals surface area contributed by atoms with Crippen LogP contribution in [0.5, 0.6) is 0 Å². The van der Waals surface area contributed by atoms with Crippen molar-refractivity contribution in [2.75, 3.05) is 33.4 Å². The zero-order chi connectivity index (χ0) is 12.0. The predicted octanol–water partition coefficient (Wildman–Crippen LogP) is 0.906. The first-order valence-corrected chi connectivity index (χ1v) is 6.58. The van der Waals surface area contributed by atoms with Crippen molar-refractivity contribution in [1.82, 2.24) is 4.90 Å². The third-order valence-corrected chi connectivity index (χ3v) is 4.62. The molecule has 2 saturated heterocycles. The van der Waals surface area contributed by atoms with Gasteiger partial charge in [-0.15, -0.1) is 0 Å². The minimum absolute atomic E-state index is 0.0796. The molecule has 0 radical (unpaired) electrons. The summed E-state index contributed by atoms with van der Waals surface area (Å²) in [5.41, 5.74) is -0.0796. The average Bonchev–Trinajstić information content (AvgIpc) is 2.83. The Morgan fingerprint density at radius 2 is 2.24 bits per heavy atom. The standard InChI is InChI=1S/C13H21NO3/c1-9-5-11(9)12(15)14-7-13(8-14)10(6-16-2)3-4-17-13/h9-11H,3-8H2,1-2H3. The minimum atomic E-state index is -0.0796. The molecule has 1 saturated carbocycles. The van der Waals surface area contributed by atoms with E-state index in [9.17, 15) is 4.79 Å². The lowest BCUT2D eigenvalue weighted by atomic mass is 9.81. The second-order valence-electron chi connectivity index (χ2n) is 5.87. The summed E-state index contributed by atoms with van der Waals surface area (Å²) in [4.78, 5) is 14.0. The van der Waals surface area contributed by atoms with Gasteiger partial charge in [-0.3, -0.25) is 4.79 Å². The van der Waals surface area contributed by atoms with Gasteiger partial charge in [-0.2, -0.15) is 0 Å². The molecule has 2 heterocycles. The highest BCUT2D eigenvalue weighted by molar-refractivity contribution is 5.82. The first-order valence-electron chi connectivity index (χ1n) is 6.58. The molecule has 0 aromatic heterocycles. The van der Waals surface area contributed by atoms with Gasteiger partial charge in [-0.05, 0) is 18.8 Å². The van der Waals surface area contributed by atoms with Crippen molar-refractivity contribution in [2.45, 2.75) is 25.4 Å². The van der Waals surface area contributed by atoms with Gasteiger partial charge in [0.25, 0.3) is 0 Å². The SMILES string of the molecule is COCC1CCOC12CN(C(=O)C1CC1C)C2. The maximum Gasteiger partial charge on any atom is 0.226 e. The van der Waals surface area contributed by atoms with Gasteiger partial charge < -0.3 is 14.4 Å². The van der Waals surface area contributed by atoms with Crippen LogP contribution in [0.15, 0.2) is 0 Å². The molecule has 3 rings (SSSR count). The summed E-state index contributed by atoms with van der Waals surface area (Å²) in [6.45, 7) is 5.28. The molecule has 17 heavy (non-hydrogen) atoms. The molecule has 0 bridgehead atoms. The fraction of sp³-hybridized carbons (Fsp3) is 0.923. The van der Waals surface area contributed by atoms with Crippen LogP contribution in [0.3, 0.4) is 0 Å². The molecule has 3 fully saturated rings. The van der Waals surface area contributed by atoms with Gasteiger partial charge in [0.2, 0.25) is 5.91 Å². The van der Waals surface area contributed by atoms with Crippen LogP contribution in [0, 0.1) is 17.8 Å². The third kappa shape index (κ3) is 1.78.